The Bertz CT molecular complexity index is 526. The van der Waals surface area contributed by atoms with Gasteiger partial charge < -0.3 is 14.4 Å². The zero-order valence-corrected chi connectivity index (χ0v) is 13.1. The fraction of sp³-hybridized carbons (Fsp3) is 0.533. The number of nitrogens with zero attached hydrogens (tertiary/aromatic N) is 1. The molecule has 2 aliphatic rings. The number of piperidine rings is 1. The summed E-state index contributed by atoms with van der Waals surface area (Å²) in [5.74, 6) is -0.527. The van der Waals surface area contributed by atoms with Gasteiger partial charge in [-0.25, -0.2) is 0 Å². The van der Waals surface area contributed by atoms with Gasteiger partial charge in [0, 0.05) is 17.4 Å². The van der Waals surface area contributed by atoms with E-state index in [4.69, 9.17) is 9.47 Å². The minimum atomic E-state index is -0.564. The summed E-state index contributed by atoms with van der Waals surface area (Å²) in [6, 6.07) is 5.80. The smallest absolute Gasteiger partial charge is 0.255 e. The van der Waals surface area contributed by atoms with Crippen molar-refractivity contribution in [3.05, 3.63) is 33.8 Å². The van der Waals surface area contributed by atoms with Gasteiger partial charge in [-0.15, -0.1) is 0 Å². The minimum absolute atomic E-state index is 0.0371. The van der Waals surface area contributed by atoms with E-state index >= 15 is 0 Å². The predicted molar refractivity (Wildman–Crippen MR) is 78.7 cm³/mol. The van der Waals surface area contributed by atoms with Crippen LogP contribution < -0.4 is 0 Å². The van der Waals surface area contributed by atoms with Gasteiger partial charge in [-0.05, 0) is 47.0 Å². The van der Waals surface area contributed by atoms with Gasteiger partial charge in [0.2, 0.25) is 0 Å². The number of hydrogen-bond acceptors (Lipinski definition) is 3. The summed E-state index contributed by atoms with van der Waals surface area (Å²) in [5, 5.41) is 0. The molecule has 3 rings (SSSR count). The van der Waals surface area contributed by atoms with Crippen LogP contribution in [0, 0.1) is 6.92 Å². The standard InChI is InChI=1S/C15H18BrNO3/c1-11-3-4-12(13(16)9-11)14(18)17-6-2-5-15(10-17)19-7-8-20-15/h3-4,9H,2,5-8,10H2,1H3. The zero-order valence-electron chi connectivity index (χ0n) is 11.5. The highest BCUT2D eigenvalue weighted by molar-refractivity contribution is 9.10. The number of amides is 1. The van der Waals surface area contributed by atoms with Crippen LogP contribution in [0.3, 0.4) is 0 Å². The molecule has 2 heterocycles. The van der Waals surface area contributed by atoms with Crippen molar-refractivity contribution < 1.29 is 14.3 Å². The number of benzene rings is 1. The molecular formula is C15H18BrNO3. The molecule has 4 nitrogen and oxygen atoms in total. The van der Waals surface area contributed by atoms with Crippen molar-refractivity contribution in [2.24, 2.45) is 0 Å². The summed E-state index contributed by atoms with van der Waals surface area (Å²) in [7, 11) is 0. The van der Waals surface area contributed by atoms with Crippen LogP contribution in [0.15, 0.2) is 22.7 Å². The molecule has 20 heavy (non-hydrogen) atoms. The van der Waals surface area contributed by atoms with Gasteiger partial charge in [0.15, 0.2) is 5.79 Å². The Morgan fingerprint density at radius 2 is 2.10 bits per heavy atom. The molecule has 1 aromatic carbocycles. The lowest BCUT2D eigenvalue weighted by atomic mass is 10.0. The molecule has 1 spiro atoms. The number of aryl methyl sites for hydroxylation is 1. The largest absolute Gasteiger partial charge is 0.346 e. The first-order valence-corrected chi connectivity index (χ1v) is 7.72. The first kappa shape index (κ1) is 14.0. The highest BCUT2D eigenvalue weighted by atomic mass is 79.9. The number of carbonyl (C=O) groups is 1. The van der Waals surface area contributed by atoms with Crippen molar-refractivity contribution in [2.75, 3.05) is 26.3 Å². The Labute approximate surface area is 127 Å². The summed E-state index contributed by atoms with van der Waals surface area (Å²) in [4.78, 5) is 14.5. The van der Waals surface area contributed by atoms with E-state index in [0.717, 1.165) is 29.4 Å². The van der Waals surface area contributed by atoms with E-state index < -0.39 is 5.79 Å². The highest BCUT2D eigenvalue weighted by Gasteiger charge is 2.42. The third-order valence-corrected chi connectivity index (χ3v) is 4.53. The second-order valence-electron chi connectivity index (χ2n) is 5.42. The van der Waals surface area contributed by atoms with Gasteiger partial charge in [0.05, 0.1) is 25.3 Å². The normalized spacial score (nSPS) is 21.4. The second-order valence-corrected chi connectivity index (χ2v) is 6.28. The number of ether oxygens (including phenoxy) is 2. The van der Waals surface area contributed by atoms with Crippen LogP contribution in [0.4, 0.5) is 0 Å². The minimum Gasteiger partial charge on any atom is -0.346 e. The maximum absolute atomic E-state index is 12.7. The van der Waals surface area contributed by atoms with Crippen molar-refractivity contribution >= 4 is 21.8 Å². The van der Waals surface area contributed by atoms with Gasteiger partial charge in [-0.3, -0.25) is 4.79 Å². The van der Waals surface area contributed by atoms with Crippen molar-refractivity contribution in [1.29, 1.82) is 0 Å². The van der Waals surface area contributed by atoms with Gasteiger partial charge in [0.1, 0.15) is 0 Å². The lowest BCUT2D eigenvalue weighted by molar-refractivity contribution is -0.183. The zero-order chi connectivity index (χ0) is 14.2. The number of likely N-dealkylation sites (tertiary alicyclic amines) is 1. The molecule has 2 fully saturated rings. The van der Waals surface area contributed by atoms with Crippen molar-refractivity contribution in [3.63, 3.8) is 0 Å². The Kier molecular flexibility index (Phi) is 3.84. The molecule has 108 valence electrons. The maximum atomic E-state index is 12.7. The van der Waals surface area contributed by atoms with Crippen LogP contribution in [0.1, 0.15) is 28.8 Å². The quantitative estimate of drug-likeness (QED) is 0.789. The van der Waals surface area contributed by atoms with Crippen LogP contribution in [0.25, 0.3) is 0 Å². The molecule has 0 aliphatic carbocycles. The molecule has 0 atom stereocenters. The van der Waals surface area contributed by atoms with E-state index in [2.05, 4.69) is 15.9 Å². The molecule has 0 unspecified atom stereocenters. The SMILES string of the molecule is Cc1ccc(C(=O)N2CCCC3(C2)OCCO3)c(Br)c1. The average Bonchev–Trinajstić information content (AvgIpc) is 2.86. The maximum Gasteiger partial charge on any atom is 0.255 e. The molecule has 0 radical (unpaired) electrons. The molecule has 1 amide bonds. The number of halogens is 1. The molecule has 5 heteroatoms. The third kappa shape index (κ3) is 2.62. The molecule has 0 N–H and O–H groups in total. The van der Waals surface area contributed by atoms with Crippen LogP contribution >= 0.6 is 15.9 Å². The van der Waals surface area contributed by atoms with E-state index in [-0.39, 0.29) is 5.91 Å². The predicted octanol–water partition coefficient (Wildman–Crippen LogP) is 2.74. The number of rotatable bonds is 1. The van der Waals surface area contributed by atoms with Gasteiger partial charge in [-0.2, -0.15) is 0 Å². The summed E-state index contributed by atoms with van der Waals surface area (Å²) in [6.07, 6.45) is 1.78. The molecule has 2 saturated heterocycles. The number of hydrogen-bond donors (Lipinski definition) is 0. The molecule has 0 aromatic heterocycles. The van der Waals surface area contributed by atoms with Gasteiger partial charge >= 0.3 is 0 Å². The Hall–Kier alpha value is -0.910. The van der Waals surface area contributed by atoms with Gasteiger partial charge in [0.25, 0.3) is 5.91 Å². The first-order valence-electron chi connectivity index (χ1n) is 6.93. The van der Waals surface area contributed by atoms with Crippen molar-refractivity contribution in [1.82, 2.24) is 4.90 Å². The van der Waals surface area contributed by atoms with Crippen molar-refractivity contribution in [2.45, 2.75) is 25.6 Å². The summed E-state index contributed by atoms with van der Waals surface area (Å²) >= 11 is 3.48. The van der Waals surface area contributed by atoms with E-state index in [1.807, 2.05) is 30.0 Å². The highest BCUT2D eigenvalue weighted by Crippen LogP contribution is 2.31. The Morgan fingerprint density at radius 3 is 2.80 bits per heavy atom. The van der Waals surface area contributed by atoms with Crippen LogP contribution in [-0.2, 0) is 9.47 Å². The molecule has 0 bridgehead atoms. The third-order valence-electron chi connectivity index (χ3n) is 3.87. The van der Waals surface area contributed by atoms with Gasteiger partial charge in [-0.1, -0.05) is 6.07 Å². The van der Waals surface area contributed by atoms with Crippen LogP contribution in [-0.4, -0.2) is 42.9 Å². The lowest BCUT2D eigenvalue weighted by Gasteiger charge is -2.38. The summed E-state index contributed by atoms with van der Waals surface area (Å²) in [5.41, 5.74) is 1.83. The molecular weight excluding hydrogens is 322 g/mol. The van der Waals surface area contributed by atoms with E-state index in [1.54, 1.807) is 0 Å². The topological polar surface area (TPSA) is 38.8 Å². The Morgan fingerprint density at radius 1 is 1.35 bits per heavy atom. The fourth-order valence-corrected chi connectivity index (χ4v) is 3.52. The molecule has 2 aliphatic heterocycles. The monoisotopic (exact) mass is 339 g/mol. The summed E-state index contributed by atoms with van der Waals surface area (Å²) < 4.78 is 12.3. The van der Waals surface area contributed by atoms with Crippen molar-refractivity contribution in [3.8, 4) is 0 Å². The fourth-order valence-electron chi connectivity index (χ4n) is 2.86. The first-order chi connectivity index (χ1) is 9.60. The summed E-state index contributed by atoms with van der Waals surface area (Å²) in [6.45, 7) is 4.53. The van der Waals surface area contributed by atoms with E-state index in [0.29, 0.717) is 25.3 Å². The van der Waals surface area contributed by atoms with E-state index in [9.17, 15) is 4.79 Å². The second kappa shape index (κ2) is 5.47. The van der Waals surface area contributed by atoms with Crippen LogP contribution in [0.5, 0.6) is 0 Å². The lowest BCUT2D eigenvalue weighted by Crippen LogP contribution is -2.51. The van der Waals surface area contributed by atoms with E-state index in [1.165, 1.54) is 0 Å². The number of carbonyl (C=O) groups excluding carboxylic acids is 1. The van der Waals surface area contributed by atoms with Crippen LogP contribution in [0.2, 0.25) is 0 Å². The Balaban J connectivity index is 1.79. The molecule has 1 aromatic rings. The average molecular weight is 340 g/mol. The molecule has 0 saturated carbocycles.